The number of thiol groups is 1. The molecule has 0 nitrogen and oxygen atoms in total. The van der Waals surface area contributed by atoms with Gasteiger partial charge in [0.15, 0.2) is 0 Å². The first-order chi connectivity index (χ1) is 8.99. The number of hydrogen-bond acceptors (Lipinski definition) is 1. The predicted molar refractivity (Wildman–Crippen MR) is 87.9 cm³/mol. The largest absolute Gasteiger partial charge is 0.142 e. The van der Waals surface area contributed by atoms with Crippen LogP contribution < -0.4 is 0 Å². The molecule has 2 rings (SSSR count). The first-order valence-corrected chi connectivity index (χ1v) is 7.25. The van der Waals surface area contributed by atoms with E-state index in [0.717, 1.165) is 11.1 Å². The minimum absolute atomic E-state index is 0.178. The Balaban J connectivity index is 2.56. The average molecular weight is 350 g/mol. The zero-order chi connectivity index (χ0) is 14.0. The summed E-state index contributed by atoms with van der Waals surface area (Å²) in [6.07, 6.45) is 0. The van der Waals surface area contributed by atoms with Crippen molar-refractivity contribution in [3.63, 3.8) is 0 Å². The molecular weight excluding hydrogens is 342 g/mol. The van der Waals surface area contributed by atoms with Crippen molar-refractivity contribution in [1.82, 2.24) is 0 Å². The van der Waals surface area contributed by atoms with Gasteiger partial charge in [0, 0.05) is 15.5 Å². The lowest BCUT2D eigenvalue weighted by atomic mass is 10.00. The van der Waals surface area contributed by atoms with Crippen molar-refractivity contribution in [2.75, 3.05) is 0 Å². The minimum Gasteiger partial charge on any atom is -0.142 e. The molecular formula is C14H8Cl4S. The summed E-state index contributed by atoms with van der Waals surface area (Å²) in [7, 11) is 0. The minimum atomic E-state index is 0.178. The number of hydrogen-bond donors (Lipinski definition) is 1. The lowest BCUT2D eigenvalue weighted by molar-refractivity contribution is 1.43. The van der Waals surface area contributed by atoms with Crippen molar-refractivity contribution < 1.29 is 0 Å². The summed E-state index contributed by atoms with van der Waals surface area (Å²) >= 11 is 28.1. The highest BCUT2D eigenvalue weighted by atomic mass is 35.5. The van der Waals surface area contributed by atoms with E-state index in [1.54, 1.807) is 18.2 Å². The fourth-order valence-corrected chi connectivity index (χ4v) is 2.56. The molecule has 98 valence electrons. The molecule has 2 aromatic rings. The van der Waals surface area contributed by atoms with Crippen LogP contribution in [0.1, 0.15) is 11.1 Å². The topological polar surface area (TPSA) is 0 Å². The second-order valence-corrected chi connectivity index (χ2v) is 6.08. The third-order valence-corrected chi connectivity index (χ3v) is 4.02. The maximum atomic E-state index is 6.00. The van der Waals surface area contributed by atoms with Crippen molar-refractivity contribution >= 4 is 64.6 Å². The SMILES string of the molecule is Sc1cc(C(=C(Cl)Cl)c2ccc(Cl)cc2)ccc1Cl. The first kappa shape index (κ1) is 15.1. The molecule has 0 spiro atoms. The lowest BCUT2D eigenvalue weighted by Gasteiger charge is -2.10. The highest BCUT2D eigenvalue weighted by Crippen LogP contribution is 2.34. The molecule has 0 heterocycles. The molecule has 0 bridgehead atoms. The van der Waals surface area contributed by atoms with E-state index in [9.17, 15) is 0 Å². The van der Waals surface area contributed by atoms with Crippen LogP contribution in [0.5, 0.6) is 0 Å². The summed E-state index contributed by atoms with van der Waals surface area (Å²) in [6.45, 7) is 0. The van der Waals surface area contributed by atoms with Gasteiger partial charge in [-0.2, -0.15) is 0 Å². The molecule has 0 saturated carbocycles. The maximum Gasteiger partial charge on any atom is 0.115 e. The van der Waals surface area contributed by atoms with Gasteiger partial charge >= 0.3 is 0 Å². The van der Waals surface area contributed by atoms with Gasteiger partial charge in [0.2, 0.25) is 0 Å². The van der Waals surface area contributed by atoms with E-state index in [1.165, 1.54) is 0 Å². The second-order valence-electron chi connectivity index (χ2n) is 3.81. The van der Waals surface area contributed by atoms with Crippen LogP contribution in [0.3, 0.4) is 0 Å². The van der Waals surface area contributed by atoms with Crippen molar-refractivity contribution in [2.24, 2.45) is 0 Å². The van der Waals surface area contributed by atoms with E-state index < -0.39 is 0 Å². The summed E-state index contributed by atoms with van der Waals surface area (Å²) < 4.78 is 0.178. The van der Waals surface area contributed by atoms with Gasteiger partial charge in [0.1, 0.15) is 4.49 Å². The van der Waals surface area contributed by atoms with Crippen LogP contribution in [-0.2, 0) is 0 Å². The maximum absolute atomic E-state index is 6.00. The Morgan fingerprint density at radius 2 is 1.42 bits per heavy atom. The molecule has 2 aromatic carbocycles. The molecule has 0 saturated heterocycles. The monoisotopic (exact) mass is 348 g/mol. The third kappa shape index (κ3) is 3.62. The van der Waals surface area contributed by atoms with Crippen LogP contribution in [0.2, 0.25) is 10.0 Å². The normalized spacial score (nSPS) is 10.4. The van der Waals surface area contributed by atoms with Gasteiger partial charge in [-0.05, 0) is 35.4 Å². The lowest BCUT2D eigenvalue weighted by Crippen LogP contribution is -1.89. The van der Waals surface area contributed by atoms with E-state index >= 15 is 0 Å². The Morgan fingerprint density at radius 3 is 1.95 bits per heavy atom. The fourth-order valence-electron chi connectivity index (χ4n) is 1.67. The molecule has 0 aromatic heterocycles. The van der Waals surface area contributed by atoms with Gasteiger partial charge in [-0.3, -0.25) is 0 Å². The molecule has 0 radical (unpaired) electrons. The van der Waals surface area contributed by atoms with Crippen LogP contribution >= 0.6 is 59.0 Å². The van der Waals surface area contributed by atoms with E-state index in [0.29, 0.717) is 20.5 Å². The van der Waals surface area contributed by atoms with Crippen LogP contribution in [0.15, 0.2) is 51.9 Å². The summed E-state index contributed by atoms with van der Waals surface area (Å²) in [6, 6.07) is 12.7. The summed E-state index contributed by atoms with van der Waals surface area (Å²) in [4.78, 5) is 0.667. The molecule has 19 heavy (non-hydrogen) atoms. The smallest absolute Gasteiger partial charge is 0.115 e. The van der Waals surface area contributed by atoms with Gasteiger partial charge in [-0.1, -0.05) is 64.6 Å². The third-order valence-electron chi connectivity index (χ3n) is 2.56. The first-order valence-electron chi connectivity index (χ1n) is 5.29. The molecule has 5 heteroatoms. The van der Waals surface area contributed by atoms with Crippen molar-refractivity contribution in [1.29, 1.82) is 0 Å². The van der Waals surface area contributed by atoms with Crippen LogP contribution in [0, 0.1) is 0 Å². The molecule has 0 fully saturated rings. The highest BCUT2D eigenvalue weighted by Gasteiger charge is 2.11. The fraction of sp³-hybridized carbons (Fsp3) is 0. The Kier molecular flexibility index (Phi) is 5.10. The quantitative estimate of drug-likeness (QED) is 0.589. The molecule has 0 aliphatic carbocycles. The molecule has 0 aliphatic heterocycles. The van der Waals surface area contributed by atoms with Gasteiger partial charge in [0.05, 0.1) is 5.02 Å². The molecule has 0 N–H and O–H groups in total. The zero-order valence-corrected chi connectivity index (χ0v) is 13.4. The van der Waals surface area contributed by atoms with Crippen molar-refractivity contribution in [3.8, 4) is 0 Å². The second kappa shape index (κ2) is 6.43. The Bertz CT molecular complexity index is 628. The summed E-state index contributed by atoms with van der Waals surface area (Å²) in [5.74, 6) is 0. The van der Waals surface area contributed by atoms with Crippen LogP contribution in [-0.4, -0.2) is 0 Å². The van der Waals surface area contributed by atoms with Gasteiger partial charge < -0.3 is 0 Å². The van der Waals surface area contributed by atoms with E-state index in [4.69, 9.17) is 46.4 Å². The van der Waals surface area contributed by atoms with E-state index in [-0.39, 0.29) is 4.49 Å². The number of rotatable bonds is 2. The van der Waals surface area contributed by atoms with Crippen molar-refractivity contribution in [3.05, 3.63) is 68.1 Å². The predicted octanol–water partition coefficient (Wildman–Crippen LogP) is 6.48. The average Bonchev–Trinajstić information content (AvgIpc) is 2.36. The zero-order valence-electron chi connectivity index (χ0n) is 9.50. The number of halogens is 4. The number of benzene rings is 2. The van der Waals surface area contributed by atoms with Crippen LogP contribution in [0.25, 0.3) is 5.57 Å². The molecule has 0 amide bonds. The van der Waals surface area contributed by atoms with Gasteiger partial charge in [0.25, 0.3) is 0 Å². The molecule has 0 atom stereocenters. The molecule has 0 unspecified atom stereocenters. The van der Waals surface area contributed by atoms with E-state index in [1.807, 2.05) is 24.3 Å². The van der Waals surface area contributed by atoms with Gasteiger partial charge in [-0.15, -0.1) is 12.6 Å². The van der Waals surface area contributed by atoms with Gasteiger partial charge in [-0.25, -0.2) is 0 Å². The summed E-state index contributed by atoms with van der Waals surface area (Å²) in [5.41, 5.74) is 2.43. The van der Waals surface area contributed by atoms with Crippen molar-refractivity contribution in [2.45, 2.75) is 4.90 Å². The Hall–Kier alpha value is -0.310. The summed E-state index contributed by atoms with van der Waals surface area (Å²) in [5, 5.41) is 1.23. The molecule has 0 aliphatic rings. The standard InChI is InChI=1S/C14H8Cl4S/c15-10-4-1-8(2-5-10)13(14(17)18)9-3-6-11(16)12(19)7-9/h1-7,19H. The van der Waals surface area contributed by atoms with Crippen LogP contribution in [0.4, 0.5) is 0 Å². The van der Waals surface area contributed by atoms with E-state index in [2.05, 4.69) is 12.6 Å². The highest BCUT2D eigenvalue weighted by molar-refractivity contribution is 7.80. The Labute approximate surface area is 137 Å². The Morgan fingerprint density at radius 1 is 0.842 bits per heavy atom.